The van der Waals surface area contributed by atoms with Crippen molar-refractivity contribution < 1.29 is 14.8 Å². The summed E-state index contributed by atoms with van der Waals surface area (Å²) < 4.78 is 0. The van der Waals surface area contributed by atoms with Crippen LogP contribution in [-0.4, -0.2) is 35.0 Å². The summed E-state index contributed by atoms with van der Waals surface area (Å²) in [6, 6.07) is 0. The molecule has 1 rings (SSSR count). The lowest BCUT2D eigenvalue weighted by Crippen LogP contribution is -2.45. The van der Waals surface area contributed by atoms with E-state index in [2.05, 4.69) is 6.92 Å². The van der Waals surface area contributed by atoms with Gasteiger partial charge in [-0.2, -0.15) is 0 Å². The van der Waals surface area contributed by atoms with Crippen molar-refractivity contribution in [2.75, 3.05) is 13.1 Å². The molecule has 5 nitrogen and oxygen atoms in total. The number of piperidine rings is 1. The third-order valence-electron chi connectivity index (χ3n) is 2.37. The van der Waals surface area contributed by atoms with Crippen LogP contribution in [0.25, 0.3) is 0 Å². The lowest BCUT2D eigenvalue weighted by Gasteiger charge is -2.29. The largest absolute Gasteiger partial charge is 0.334 e. The van der Waals surface area contributed by atoms with Gasteiger partial charge in [-0.1, -0.05) is 6.92 Å². The second-order valence-corrected chi connectivity index (χ2v) is 3.42. The highest BCUT2D eigenvalue weighted by Crippen LogP contribution is 2.15. The van der Waals surface area contributed by atoms with E-state index in [9.17, 15) is 9.59 Å². The van der Waals surface area contributed by atoms with Crippen LogP contribution in [0.4, 0.5) is 0 Å². The predicted octanol–water partition coefficient (Wildman–Crippen LogP) is -0.250. The van der Waals surface area contributed by atoms with Crippen molar-refractivity contribution in [3.63, 3.8) is 0 Å². The van der Waals surface area contributed by atoms with E-state index in [1.165, 1.54) is 10.4 Å². The lowest BCUT2D eigenvalue weighted by molar-refractivity contribution is -0.151. The van der Waals surface area contributed by atoms with Gasteiger partial charge in [0.1, 0.15) is 0 Å². The van der Waals surface area contributed by atoms with E-state index in [1.807, 2.05) is 0 Å². The van der Waals surface area contributed by atoms with Crippen molar-refractivity contribution in [3.05, 3.63) is 0 Å². The Morgan fingerprint density at radius 3 is 2.38 bits per heavy atom. The number of amides is 2. The second kappa shape index (κ2) is 4.23. The minimum atomic E-state index is -0.949. The van der Waals surface area contributed by atoms with Crippen LogP contribution < -0.4 is 5.48 Å². The SMILES string of the molecule is CC1CCN(C(=O)C(=O)NO)CC1. The summed E-state index contributed by atoms with van der Waals surface area (Å²) in [5, 5.41) is 8.24. The van der Waals surface area contributed by atoms with Gasteiger partial charge >= 0.3 is 11.8 Å². The van der Waals surface area contributed by atoms with E-state index < -0.39 is 11.8 Å². The first kappa shape index (κ1) is 9.98. The lowest BCUT2D eigenvalue weighted by atomic mass is 9.99. The van der Waals surface area contributed by atoms with E-state index in [0.717, 1.165) is 12.8 Å². The van der Waals surface area contributed by atoms with Crippen LogP contribution in [-0.2, 0) is 9.59 Å². The van der Waals surface area contributed by atoms with Crippen molar-refractivity contribution >= 4 is 11.8 Å². The fraction of sp³-hybridized carbons (Fsp3) is 0.750. The molecule has 1 aliphatic rings. The summed E-state index contributed by atoms with van der Waals surface area (Å²) in [6.07, 6.45) is 1.84. The Morgan fingerprint density at radius 2 is 1.92 bits per heavy atom. The van der Waals surface area contributed by atoms with Crippen LogP contribution in [0.5, 0.6) is 0 Å². The normalized spacial score (nSPS) is 18.5. The Balaban J connectivity index is 2.44. The summed E-state index contributed by atoms with van der Waals surface area (Å²) in [6.45, 7) is 3.33. The molecule has 0 aliphatic carbocycles. The first-order chi connectivity index (χ1) is 6.15. The molecule has 0 radical (unpaired) electrons. The van der Waals surface area contributed by atoms with Crippen molar-refractivity contribution in [3.8, 4) is 0 Å². The standard InChI is InChI=1S/C8H14N2O3/c1-6-2-4-10(5-3-6)8(12)7(11)9-13/h6,13H,2-5H2,1H3,(H,9,11). The van der Waals surface area contributed by atoms with Gasteiger partial charge in [0.15, 0.2) is 0 Å². The molecule has 0 saturated carbocycles. The van der Waals surface area contributed by atoms with Gasteiger partial charge in [-0.05, 0) is 18.8 Å². The van der Waals surface area contributed by atoms with Crippen molar-refractivity contribution in [1.29, 1.82) is 0 Å². The number of rotatable bonds is 0. The molecule has 13 heavy (non-hydrogen) atoms. The maximum absolute atomic E-state index is 11.2. The van der Waals surface area contributed by atoms with Crippen molar-refractivity contribution in [2.45, 2.75) is 19.8 Å². The van der Waals surface area contributed by atoms with Crippen molar-refractivity contribution in [1.82, 2.24) is 10.4 Å². The summed E-state index contributed by atoms with van der Waals surface area (Å²) in [4.78, 5) is 23.4. The minimum absolute atomic E-state index is 0.605. The molecule has 0 aromatic heterocycles. The van der Waals surface area contributed by atoms with Crippen LogP contribution in [0, 0.1) is 5.92 Å². The number of nitrogens with one attached hydrogen (secondary N) is 1. The van der Waals surface area contributed by atoms with E-state index in [4.69, 9.17) is 5.21 Å². The maximum atomic E-state index is 11.2. The van der Waals surface area contributed by atoms with E-state index in [1.54, 1.807) is 0 Å². The minimum Gasteiger partial charge on any atom is -0.334 e. The molecule has 0 atom stereocenters. The summed E-state index contributed by atoms with van der Waals surface area (Å²) in [5.74, 6) is -0.981. The highest BCUT2D eigenvalue weighted by atomic mass is 16.5. The molecule has 5 heteroatoms. The van der Waals surface area contributed by atoms with Gasteiger partial charge in [-0.15, -0.1) is 0 Å². The highest BCUT2D eigenvalue weighted by molar-refractivity contribution is 6.34. The predicted molar refractivity (Wildman–Crippen MR) is 44.9 cm³/mol. The van der Waals surface area contributed by atoms with E-state index in [-0.39, 0.29) is 0 Å². The molecule has 0 aromatic carbocycles. The number of carbonyl (C=O) groups is 2. The molecule has 0 unspecified atom stereocenters. The molecule has 74 valence electrons. The molecule has 1 heterocycles. The van der Waals surface area contributed by atoms with Crippen LogP contribution in [0.15, 0.2) is 0 Å². The Labute approximate surface area is 76.7 Å². The van der Waals surface area contributed by atoms with Crippen LogP contribution in [0.3, 0.4) is 0 Å². The fourth-order valence-electron chi connectivity index (χ4n) is 1.40. The zero-order valence-corrected chi connectivity index (χ0v) is 7.62. The zero-order chi connectivity index (χ0) is 9.84. The number of hydroxylamine groups is 1. The highest BCUT2D eigenvalue weighted by Gasteiger charge is 2.24. The number of nitrogens with zero attached hydrogens (tertiary/aromatic N) is 1. The first-order valence-electron chi connectivity index (χ1n) is 4.38. The molecule has 0 bridgehead atoms. The van der Waals surface area contributed by atoms with Gasteiger partial charge in [-0.25, -0.2) is 5.48 Å². The smallest absolute Gasteiger partial charge is 0.332 e. The van der Waals surface area contributed by atoms with Gasteiger partial charge in [0, 0.05) is 13.1 Å². The van der Waals surface area contributed by atoms with E-state index in [0.29, 0.717) is 19.0 Å². The quantitative estimate of drug-likeness (QED) is 0.311. The van der Waals surface area contributed by atoms with E-state index >= 15 is 0 Å². The van der Waals surface area contributed by atoms with Gasteiger partial charge in [0.05, 0.1) is 0 Å². The Morgan fingerprint density at radius 1 is 1.38 bits per heavy atom. The van der Waals surface area contributed by atoms with Gasteiger partial charge < -0.3 is 4.90 Å². The summed E-state index contributed by atoms with van der Waals surface area (Å²) >= 11 is 0. The Kier molecular flexibility index (Phi) is 3.25. The fourth-order valence-corrected chi connectivity index (χ4v) is 1.40. The van der Waals surface area contributed by atoms with Crippen LogP contribution in [0.2, 0.25) is 0 Å². The average Bonchev–Trinajstić information content (AvgIpc) is 2.17. The maximum Gasteiger partial charge on any atom is 0.332 e. The number of hydrogen-bond acceptors (Lipinski definition) is 3. The van der Waals surface area contributed by atoms with Crippen LogP contribution in [0.1, 0.15) is 19.8 Å². The second-order valence-electron chi connectivity index (χ2n) is 3.42. The molecule has 2 N–H and O–H groups in total. The van der Waals surface area contributed by atoms with Gasteiger partial charge in [0.25, 0.3) is 0 Å². The molecule has 0 aromatic rings. The van der Waals surface area contributed by atoms with Gasteiger partial charge in [-0.3, -0.25) is 14.8 Å². The zero-order valence-electron chi connectivity index (χ0n) is 7.62. The van der Waals surface area contributed by atoms with Crippen molar-refractivity contribution in [2.24, 2.45) is 5.92 Å². The molecule has 1 aliphatic heterocycles. The third kappa shape index (κ3) is 2.42. The molecule has 2 amide bonds. The van der Waals surface area contributed by atoms with Gasteiger partial charge in [0.2, 0.25) is 0 Å². The Hall–Kier alpha value is -1.10. The number of hydrogen-bond donors (Lipinski definition) is 2. The summed E-state index contributed by atoms with van der Waals surface area (Å²) in [7, 11) is 0. The third-order valence-corrected chi connectivity index (χ3v) is 2.37. The Bertz CT molecular complexity index is 209. The molecular formula is C8H14N2O3. The molecular weight excluding hydrogens is 172 g/mol. The topological polar surface area (TPSA) is 69.6 Å². The molecule has 0 spiro atoms. The monoisotopic (exact) mass is 186 g/mol. The number of likely N-dealkylation sites (tertiary alicyclic amines) is 1. The molecule has 1 fully saturated rings. The first-order valence-corrected chi connectivity index (χ1v) is 4.38. The summed E-state index contributed by atoms with van der Waals surface area (Å²) in [5.41, 5.74) is 1.34. The average molecular weight is 186 g/mol. The van der Waals surface area contributed by atoms with Crippen LogP contribution >= 0.6 is 0 Å². The number of carbonyl (C=O) groups excluding carboxylic acids is 2. The molecule has 1 saturated heterocycles.